The highest BCUT2D eigenvalue weighted by molar-refractivity contribution is 9.10. The number of carbonyl (C=O) groups is 1. The maximum Gasteiger partial charge on any atom is 0.255 e. The van der Waals surface area contributed by atoms with Crippen molar-refractivity contribution in [1.29, 1.82) is 0 Å². The van der Waals surface area contributed by atoms with E-state index >= 15 is 0 Å². The van der Waals surface area contributed by atoms with Crippen LogP contribution < -0.4 is 0 Å². The van der Waals surface area contributed by atoms with Crippen LogP contribution in [-0.4, -0.2) is 47.4 Å². The van der Waals surface area contributed by atoms with E-state index in [-0.39, 0.29) is 5.91 Å². The van der Waals surface area contributed by atoms with Crippen LogP contribution in [0.1, 0.15) is 42.1 Å². The maximum absolute atomic E-state index is 12.9. The molecule has 114 valence electrons. The summed E-state index contributed by atoms with van der Waals surface area (Å²) in [6.45, 7) is 7.29. The van der Waals surface area contributed by atoms with Gasteiger partial charge in [-0.3, -0.25) is 9.69 Å². The first-order valence-corrected chi connectivity index (χ1v) is 8.67. The number of aryl methyl sites for hydroxylation is 1. The molecular formula is C17H23BrN2O. The van der Waals surface area contributed by atoms with Gasteiger partial charge in [-0.2, -0.15) is 0 Å². The van der Waals surface area contributed by atoms with Crippen molar-refractivity contribution in [2.75, 3.05) is 19.6 Å². The summed E-state index contributed by atoms with van der Waals surface area (Å²) in [5, 5.41) is 0. The van der Waals surface area contributed by atoms with Gasteiger partial charge in [0.25, 0.3) is 5.91 Å². The number of amides is 1. The number of hydrogen-bond donors (Lipinski definition) is 0. The Morgan fingerprint density at radius 2 is 2.10 bits per heavy atom. The molecule has 2 unspecified atom stereocenters. The normalized spacial score (nSPS) is 26.5. The predicted octanol–water partition coefficient (Wildman–Crippen LogP) is 3.46. The van der Waals surface area contributed by atoms with Crippen molar-refractivity contribution in [2.45, 2.75) is 45.2 Å². The molecule has 0 aliphatic carbocycles. The molecule has 1 amide bonds. The topological polar surface area (TPSA) is 23.6 Å². The number of carbonyl (C=O) groups excluding carboxylic acids is 1. The summed E-state index contributed by atoms with van der Waals surface area (Å²) in [5.74, 6) is 0.170. The van der Waals surface area contributed by atoms with E-state index in [2.05, 4.69) is 32.7 Å². The van der Waals surface area contributed by atoms with Crippen LogP contribution in [0.4, 0.5) is 0 Å². The zero-order valence-corrected chi connectivity index (χ0v) is 14.4. The van der Waals surface area contributed by atoms with Crippen LogP contribution in [0.15, 0.2) is 22.7 Å². The number of piperidine rings is 1. The number of hydrogen-bond acceptors (Lipinski definition) is 2. The first-order chi connectivity index (χ1) is 10.1. The van der Waals surface area contributed by atoms with Gasteiger partial charge < -0.3 is 4.90 Å². The van der Waals surface area contributed by atoms with Crippen LogP contribution in [0.5, 0.6) is 0 Å². The number of nitrogens with zero attached hydrogens (tertiary/aromatic N) is 2. The second kappa shape index (κ2) is 6.09. The van der Waals surface area contributed by atoms with Gasteiger partial charge in [0.2, 0.25) is 0 Å². The molecule has 1 aromatic carbocycles. The molecule has 0 radical (unpaired) electrons. The predicted molar refractivity (Wildman–Crippen MR) is 88.6 cm³/mol. The summed E-state index contributed by atoms with van der Waals surface area (Å²) >= 11 is 3.58. The van der Waals surface area contributed by atoms with Crippen LogP contribution in [0.25, 0.3) is 0 Å². The summed E-state index contributed by atoms with van der Waals surface area (Å²) in [5.41, 5.74) is 1.91. The van der Waals surface area contributed by atoms with Gasteiger partial charge in [-0.1, -0.05) is 18.6 Å². The van der Waals surface area contributed by atoms with E-state index in [0.717, 1.165) is 28.7 Å². The third-order valence-electron chi connectivity index (χ3n) is 4.87. The molecule has 2 saturated heterocycles. The van der Waals surface area contributed by atoms with Crippen LogP contribution in [0, 0.1) is 6.92 Å². The molecule has 0 bridgehead atoms. The fourth-order valence-corrected chi connectivity index (χ4v) is 4.04. The fourth-order valence-electron chi connectivity index (χ4n) is 3.60. The first-order valence-electron chi connectivity index (χ1n) is 7.88. The molecule has 2 aliphatic rings. The van der Waals surface area contributed by atoms with Gasteiger partial charge in [-0.05, 0) is 60.8 Å². The van der Waals surface area contributed by atoms with Crippen molar-refractivity contribution in [3.05, 3.63) is 33.8 Å². The van der Waals surface area contributed by atoms with E-state index in [1.54, 1.807) is 0 Å². The van der Waals surface area contributed by atoms with Crippen LogP contribution >= 0.6 is 15.9 Å². The van der Waals surface area contributed by atoms with Gasteiger partial charge >= 0.3 is 0 Å². The molecule has 2 aliphatic heterocycles. The quantitative estimate of drug-likeness (QED) is 0.774. The highest BCUT2D eigenvalue weighted by Crippen LogP contribution is 2.28. The second-order valence-electron chi connectivity index (χ2n) is 6.39. The summed E-state index contributed by atoms with van der Waals surface area (Å²) in [6.07, 6.45) is 3.83. The van der Waals surface area contributed by atoms with Gasteiger partial charge in [0.15, 0.2) is 0 Å². The summed E-state index contributed by atoms with van der Waals surface area (Å²) < 4.78 is 0.938. The van der Waals surface area contributed by atoms with Gasteiger partial charge in [-0.25, -0.2) is 0 Å². The molecule has 3 nitrogen and oxygen atoms in total. The van der Waals surface area contributed by atoms with E-state index in [9.17, 15) is 4.79 Å². The Morgan fingerprint density at radius 3 is 2.90 bits per heavy atom. The number of fused-ring (bicyclic) bond motifs is 1. The maximum atomic E-state index is 12.9. The van der Waals surface area contributed by atoms with Crippen molar-refractivity contribution in [2.24, 2.45) is 0 Å². The lowest BCUT2D eigenvalue weighted by Gasteiger charge is -2.47. The zero-order chi connectivity index (χ0) is 15.0. The fraction of sp³-hybridized carbons (Fsp3) is 0.588. The minimum Gasteiger partial charge on any atom is -0.333 e. The third kappa shape index (κ3) is 2.88. The Hall–Kier alpha value is -0.870. The number of rotatable bonds is 1. The minimum absolute atomic E-state index is 0.170. The lowest BCUT2D eigenvalue weighted by molar-refractivity contribution is 0.0151. The first kappa shape index (κ1) is 15.0. The molecule has 0 N–H and O–H groups in total. The monoisotopic (exact) mass is 350 g/mol. The smallest absolute Gasteiger partial charge is 0.255 e. The molecule has 2 atom stereocenters. The SMILES string of the molecule is Cc1cccc(C(=O)N2CC3CCCCN3CC2C)c1Br. The van der Waals surface area contributed by atoms with E-state index in [1.807, 2.05) is 25.1 Å². The molecule has 0 aromatic heterocycles. The largest absolute Gasteiger partial charge is 0.333 e. The molecule has 0 saturated carbocycles. The molecule has 2 fully saturated rings. The van der Waals surface area contributed by atoms with E-state index < -0.39 is 0 Å². The van der Waals surface area contributed by atoms with Crippen molar-refractivity contribution < 1.29 is 4.79 Å². The Balaban J connectivity index is 1.82. The minimum atomic E-state index is 0.170. The Labute approximate surface area is 135 Å². The van der Waals surface area contributed by atoms with E-state index in [4.69, 9.17) is 0 Å². The van der Waals surface area contributed by atoms with Crippen molar-refractivity contribution in [3.63, 3.8) is 0 Å². The summed E-state index contributed by atoms with van der Waals surface area (Å²) in [4.78, 5) is 17.6. The summed E-state index contributed by atoms with van der Waals surface area (Å²) in [6, 6.07) is 6.78. The highest BCUT2D eigenvalue weighted by Gasteiger charge is 2.35. The molecule has 2 heterocycles. The second-order valence-corrected chi connectivity index (χ2v) is 7.18. The van der Waals surface area contributed by atoms with Crippen molar-refractivity contribution in [1.82, 2.24) is 9.80 Å². The molecule has 4 heteroatoms. The molecule has 3 rings (SSSR count). The molecular weight excluding hydrogens is 328 g/mol. The Bertz CT molecular complexity index is 546. The lowest BCUT2D eigenvalue weighted by Crippen LogP contribution is -2.60. The highest BCUT2D eigenvalue weighted by atomic mass is 79.9. The molecule has 21 heavy (non-hydrogen) atoms. The van der Waals surface area contributed by atoms with Gasteiger partial charge in [0.1, 0.15) is 0 Å². The molecule has 1 aromatic rings. The number of piperazine rings is 1. The number of benzene rings is 1. The Morgan fingerprint density at radius 1 is 1.29 bits per heavy atom. The van der Waals surface area contributed by atoms with Gasteiger partial charge in [-0.15, -0.1) is 0 Å². The summed E-state index contributed by atoms with van der Waals surface area (Å²) in [7, 11) is 0. The standard InChI is InChI=1S/C17H23BrN2O/c1-12-6-5-8-15(16(12)18)17(21)20-11-14-7-3-4-9-19(14)10-13(20)2/h5-6,8,13-14H,3-4,7,9-11H2,1-2H3. The Kier molecular flexibility index (Phi) is 4.36. The van der Waals surface area contributed by atoms with E-state index in [1.165, 1.54) is 25.8 Å². The van der Waals surface area contributed by atoms with Gasteiger partial charge in [0, 0.05) is 29.6 Å². The lowest BCUT2D eigenvalue weighted by atomic mass is 9.96. The van der Waals surface area contributed by atoms with Gasteiger partial charge in [0.05, 0.1) is 5.56 Å². The average Bonchev–Trinajstić information content (AvgIpc) is 2.48. The van der Waals surface area contributed by atoms with Crippen LogP contribution in [0.2, 0.25) is 0 Å². The van der Waals surface area contributed by atoms with Crippen LogP contribution in [0.3, 0.4) is 0 Å². The third-order valence-corrected chi connectivity index (χ3v) is 5.92. The average molecular weight is 351 g/mol. The van der Waals surface area contributed by atoms with Crippen molar-refractivity contribution >= 4 is 21.8 Å². The molecule has 0 spiro atoms. The van der Waals surface area contributed by atoms with Crippen molar-refractivity contribution in [3.8, 4) is 0 Å². The zero-order valence-electron chi connectivity index (χ0n) is 12.8. The number of halogens is 1. The van der Waals surface area contributed by atoms with Crippen LogP contribution in [-0.2, 0) is 0 Å². The van der Waals surface area contributed by atoms with E-state index in [0.29, 0.717) is 12.1 Å².